The third kappa shape index (κ3) is 4.77. The van der Waals surface area contributed by atoms with Crippen molar-refractivity contribution in [3.8, 4) is 0 Å². The SMILES string of the molecule is NC(=O)c1ccc(NC(=S)NC(=O)C=Cc2cccc3ccccc23)cc1. The second kappa shape index (κ2) is 8.25. The molecule has 134 valence electrons. The topological polar surface area (TPSA) is 84.2 Å². The number of rotatable bonds is 4. The number of carbonyl (C=O) groups is 2. The Labute approximate surface area is 161 Å². The van der Waals surface area contributed by atoms with Crippen molar-refractivity contribution in [2.45, 2.75) is 0 Å². The first-order valence-electron chi connectivity index (χ1n) is 8.20. The molecule has 0 heterocycles. The summed E-state index contributed by atoms with van der Waals surface area (Å²) in [5.41, 5.74) is 7.18. The highest BCUT2D eigenvalue weighted by Gasteiger charge is 2.04. The van der Waals surface area contributed by atoms with Gasteiger partial charge in [-0.15, -0.1) is 0 Å². The number of hydrogen-bond acceptors (Lipinski definition) is 3. The molecular weight excluding hydrogens is 358 g/mol. The van der Waals surface area contributed by atoms with Gasteiger partial charge in [0.05, 0.1) is 0 Å². The number of anilines is 1. The van der Waals surface area contributed by atoms with Gasteiger partial charge in [0.15, 0.2) is 5.11 Å². The van der Waals surface area contributed by atoms with Crippen LogP contribution in [0.1, 0.15) is 15.9 Å². The van der Waals surface area contributed by atoms with Crippen LogP contribution in [-0.4, -0.2) is 16.9 Å². The van der Waals surface area contributed by atoms with Crippen molar-refractivity contribution in [1.82, 2.24) is 5.32 Å². The van der Waals surface area contributed by atoms with Crippen LogP contribution in [0.5, 0.6) is 0 Å². The summed E-state index contributed by atoms with van der Waals surface area (Å²) in [6, 6.07) is 20.4. The van der Waals surface area contributed by atoms with E-state index in [1.807, 2.05) is 42.5 Å². The van der Waals surface area contributed by atoms with Crippen LogP contribution in [0.4, 0.5) is 5.69 Å². The fourth-order valence-corrected chi connectivity index (χ4v) is 2.81. The van der Waals surface area contributed by atoms with Gasteiger partial charge in [0.1, 0.15) is 0 Å². The number of amides is 2. The van der Waals surface area contributed by atoms with E-state index in [9.17, 15) is 9.59 Å². The first-order valence-corrected chi connectivity index (χ1v) is 8.61. The molecule has 3 rings (SSSR count). The summed E-state index contributed by atoms with van der Waals surface area (Å²) in [7, 11) is 0. The lowest BCUT2D eigenvalue weighted by Crippen LogP contribution is -2.32. The summed E-state index contributed by atoms with van der Waals surface area (Å²) in [5.74, 6) is -0.842. The average Bonchev–Trinajstić information content (AvgIpc) is 2.66. The molecule has 0 saturated carbocycles. The molecule has 5 nitrogen and oxygen atoms in total. The molecule has 0 atom stereocenters. The molecule has 0 aliphatic heterocycles. The number of nitrogens with two attached hydrogens (primary N) is 1. The minimum Gasteiger partial charge on any atom is -0.366 e. The van der Waals surface area contributed by atoms with Crippen LogP contribution in [0.3, 0.4) is 0 Å². The highest BCUT2D eigenvalue weighted by molar-refractivity contribution is 7.80. The molecule has 2 amide bonds. The molecule has 27 heavy (non-hydrogen) atoms. The molecule has 4 N–H and O–H groups in total. The van der Waals surface area contributed by atoms with E-state index in [0.29, 0.717) is 11.3 Å². The standard InChI is InChI=1S/C21H17N3O2S/c22-20(26)16-8-11-17(12-9-16)23-21(27)24-19(25)13-10-15-6-3-5-14-4-1-2-7-18(14)15/h1-13H,(H2,22,26)(H2,23,24,25,27). The third-order valence-electron chi connectivity index (χ3n) is 3.90. The van der Waals surface area contributed by atoms with Crippen molar-refractivity contribution in [2.75, 3.05) is 5.32 Å². The Hall–Kier alpha value is -3.51. The zero-order chi connectivity index (χ0) is 19.2. The van der Waals surface area contributed by atoms with Crippen molar-refractivity contribution in [3.05, 3.63) is 83.9 Å². The van der Waals surface area contributed by atoms with Crippen molar-refractivity contribution in [1.29, 1.82) is 0 Å². The molecule has 0 radical (unpaired) electrons. The zero-order valence-electron chi connectivity index (χ0n) is 14.3. The number of benzene rings is 3. The van der Waals surface area contributed by atoms with E-state index in [4.69, 9.17) is 18.0 Å². The van der Waals surface area contributed by atoms with Crippen LogP contribution < -0.4 is 16.4 Å². The van der Waals surface area contributed by atoms with E-state index in [2.05, 4.69) is 10.6 Å². The highest BCUT2D eigenvalue weighted by atomic mass is 32.1. The lowest BCUT2D eigenvalue weighted by atomic mass is 10.0. The van der Waals surface area contributed by atoms with E-state index < -0.39 is 5.91 Å². The van der Waals surface area contributed by atoms with Crippen molar-refractivity contribution in [3.63, 3.8) is 0 Å². The van der Waals surface area contributed by atoms with Gasteiger partial charge in [-0.2, -0.15) is 0 Å². The monoisotopic (exact) mass is 375 g/mol. The maximum Gasteiger partial charge on any atom is 0.250 e. The van der Waals surface area contributed by atoms with Gasteiger partial charge in [0.25, 0.3) is 0 Å². The summed E-state index contributed by atoms with van der Waals surface area (Å²) in [4.78, 5) is 23.2. The number of hydrogen-bond donors (Lipinski definition) is 3. The lowest BCUT2D eigenvalue weighted by Gasteiger charge is -2.08. The molecule has 0 unspecified atom stereocenters. The van der Waals surface area contributed by atoms with Gasteiger partial charge in [-0.25, -0.2) is 0 Å². The predicted octanol–water partition coefficient (Wildman–Crippen LogP) is 3.47. The number of carbonyl (C=O) groups excluding carboxylic acids is 2. The quantitative estimate of drug-likeness (QED) is 0.482. The molecule has 0 saturated heterocycles. The van der Waals surface area contributed by atoms with Crippen molar-refractivity contribution >= 4 is 51.7 Å². The van der Waals surface area contributed by atoms with Crippen molar-refractivity contribution < 1.29 is 9.59 Å². The van der Waals surface area contributed by atoms with Crippen LogP contribution >= 0.6 is 12.2 Å². The Morgan fingerprint density at radius 1 is 0.926 bits per heavy atom. The van der Waals surface area contributed by atoms with E-state index in [0.717, 1.165) is 16.3 Å². The van der Waals surface area contributed by atoms with Crippen LogP contribution in [0.25, 0.3) is 16.8 Å². The van der Waals surface area contributed by atoms with E-state index in [-0.39, 0.29) is 11.0 Å². The van der Waals surface area contributed by atoms with Gasteiger partial charge in [0.2, 0.25) is 11.8 Å². The Kier molecular flexibility index (Phi) is 5.58. The van der Waals surface area contributed by atoms with Crippen molar-refractivity contribution in [2.24, 2.45) is 5.73 Å². The lowest BCUT2D eigenvalue weighted by molar-refractivity contribution is -0.115. The Morgan fingerprint density at radius 2 is 1.63 bits per heavy atom. The zero-order valence-corrected chi connectivity index (χ0v) is 15.1. The number of thiocarbonyl (C=S) groups is 1. The molecule has 3 aromatic rings. The number of primary amides is 1. The molecular formula is C21H17N3O2S. The van der Waals surface area contributed by atoms with Gasteiger partial charge in [0, 0.05) is 17.3 Å². The fraction of sp³-hybridized carbons (Fsp3) is 0. The average molecular weight is 375 g/mol. The third-order valence-corrected chi connectivity index (χ3v) is 4.11. The van der Waals surface area contributed by atoms with Gasteiger partial charge in [-0.05, 0) is 58.9 Å². The minimum absolute atomic E-state index is 0.161. The Balaban J connectivity index is 1.62. The predicted molar refractivity (Wildman–Crippen MR) is 112 cm³/mol. The van der Waals surface area contributed by atoms with Gasteiger partial charge in [-0.1, -0.05) is 42.5 Å². The van der Waals surface area contributed by atoms with Gasteiger partial charge < -0.3 is 11.1 Å². The molecule has 0 bridgehead atoms. The molecule has 6 heteroatoms. The summed E-state index contributed by atoms with van der Waals surface area (Å²) < 4.78 is 0. The fourth-order valence-electron chi connectivity index (χ4n) is 2.59. The van der Waals surface area contributed by atoms with Crippen LogP contribution in [-0.2, 0) is 4.79 Å². The molecule has 0 spiro atoms. The number of fused-ring (bicyclic) bond motifs is 1. The van der Waals surface area contributed by atoms with E-state index in [1.54, 1.807) is 30.3 Å². The first kappa shape index (κ1) is 18.3. The molecule has 0 aliphatic carbocycles. The summed E-state index contributed by atoms with van der Waals surface area (Å²) >= 11 is 5.14. The van der Waals surface area contributed by atoms with Gasteiger partial charge >= 0.3 is 0 Å². The normalized spacial score (nSPS) is 10.7. The minimum atomic E-state index is -0.504. The molecule has 0 aromatic heterocycles. The maximum absolute atomic E-state index is 12.1. The second-order valence-electron chi connectivity index (χ2n) is 5.79. The Bertz CT molecular complexity index is 1040. The van der Waals surface area contributed by atoms with Gasteiger partial charge in [-0.3, -0.25) is 14.9 Å². The Morgan fingerprint density at radius 3 is 2.37 bits per heavy atom. The van der Waals surface area contributed by atoms with Crippen LogP contribution in [0.15, 0.2) is 72.8 Å². The molecule has 0 fully saturated rings. The summed E-state index contributed by atoms with van der Waals surface area (Å²) in [6.45, 7) is 0. The first-order chi connectivity index (χ1) is 13.0. The largest absolute Gasteiger partial charge is 0.366 e. The summed E-state index contributed by atoms with van der Waals surface area (Å²) in [5, 5.41) is 7.81. The highest BCUT2D eigenvalue weighted by Crippen LogP contribution is 2.19. The molecule has 0 aliphatic rings. The molecule has 3 aromatic carbocycles. The van der Waals surface area contributed by atoms with Crippen LogP contribution in [0, 0.1) is 0 Å². The maximum atomic E-state index is 12.1. The van der Waals surface area contributed by atoms with Crippen LogP contribution in [0.2, 0.25) is 0 Å². The van der Waals surface area contributed by atoms with E-state index in [1.165, 1.54) is 6.08 Å². The second-order valence-corrected chi connectivity index (χ2v) is 6.19. The summed E-state index contributed by atoms with van der Waals surface area (Å²) in [6.07, 6.45) is 3.19. The van der Waals surface area contributed by atoms with E-state index >= 15 is 0 Å². The smallest absolute Gasteiger partial charge is 0.250 e. The number of nitrogens with one attached hydrogen (secondary N) is 2.